The summed E-state index contributed by atoms with van der Waals surface area (Å²) in [6, 6.07) is 17.7. The number of thioether (sulfide) groups is 1. The molecule has 2 aliphatic heterocycles. The van der Waals surface area contributed by atoms with Crippen LogP contribution in [0.3, 0.4) is 0 Å². The molecule has 2 aliphatic rings. The highest BCUT2D eigenvalue weighted by molar-refractivity contribution is 8.01. The summed E-state index contributed by atoms with van der Waals surface area (Å²) in [6.07, 6.45) is 2.50. The standard InChI is InChI=1S/C20H23NOS/c1-21-13-11-20(12-14-21)18-6-4-3-5-17(18)19(23-20)15-7-9-16(22-2)10-8-15/h3-10,19H,11-14H2,1-2H3. The van der Waals surface area contributed by atoms with Gasteiger partial charge in [0, 0.05) is 4.75 Å². The Morgan fingerprint density at radius 2 is 1.74 bits per heavy atom. The number of ether oxygens (including phenoxy) is 1. The van der Waals surface area contributed by atoms with Gasteiger partial charge in [-0.1, -0.05) is 36.4 Å². The van der Waals surface area contributed by atoms with E-state index < -0.39 is 0 Å². The Morgan fingerprint density at radius 3 is 2.43 bits per heavy atom. The highest BCUT2D eigenvalue weighted by atomic mass is 32.2. The molecular formula is C20H23NOS. The fourth-order valence-corrected chi connectivity index (χ4v) is 5.69. The molecule has 2 aromatic carbocycles. The van der Waals surface area contributed by atoms with Gasteiger partial charge in [-0.3, -0.25) is 0 Å². The van der Waals surface area contributed by atoms with Crippen LogP contribution < -0.4 is 4.74 Å². The van der Waals surface area contributed by atoms with E-state index in [1.807, 2.05) is 0 Å². The minimum absolute atomic E-state index is 0.299. The van der Waals surface area contributed by atoms with Crippen LogP contribution in [-0.2, 0) is 4.75 Å². The molecule has 0 amide bonds. The predicted molar refractivity (Wildman–Crippen MR) is 97.3 cm³/mol. The highest BCUT2D eigenvalue weighted by Gasteiger charge is 2.45. The number of piperidine rings is 1. The Labute approximate surface area is 142 Å². The number of fused-ring (bicyclic) bond motifs is 2. The summed E-state index contributed by atoms with van der Waals surface area (Å²) in [6.45, 7) is 2.38. The molecule has 2 heterocycles. The molecule has 4 rings (SSSR count). The van der Waals surface area contributed by atoms with Crippen LogP contribution >= 0.6 is 11.8 Å². The van der Waals surface area contributed by atoms with E-state index in [1.165, 1.54) is 37.1 Å². The molecule has 1 saturated heterocycles. The number of hydrogen-bond donors (Lipinski definition) is 0. The van der Waals surface area contributed by atoms with Gasteiger partial charge in [-0.15, -0.1) is 11.8 Å². The van der Waals surface area contributed by atoms with Gasteiger partial charge < -0.3 is 9.64 Å². The van der Waals surface area contributed by atoms with Gasteiger partial charge in [0.1, 0.15) is 5.75 Å². The van der Waals surface area contributed by atoms with E-state index in [-0.39, 0.29) is 0 Å². The summed E-state index contributed by atoms with van der Waals surface area (Å²) >= 11 is 2.16. The zero-order chi connectivity index (χ0) is 15.9. The van der Waals surface area contributed by atoms with Crippen LogP contribution in [0.2, 0.25) is 0 Å². The maximum atomic E-state index is 5.31. The second kappa shape index (κ2) is 5.88. The van der Waals surface area contributed by atoms with Crippen molar-refractivity contribution in [3.8, 4) is 5.75 Å². The molecule has 3 heteroatoms. The maximum absolute atomic E-state index is 5.31. The van der Waals surface area contributed by atoms with E-state index in [9.17, 15) is 0 Å². The summed E-state index contributed by atoms with van der Waals surface area (Å²) in [7, 11) is 3.96. The van der Waals surface area contributed by atoms with Gasteiger partial charge in [-0.25, -0.2) is 0 Å². The van der Waals surface area contributed by atoms with Crippen molar-refractivity contribution in [2.75, 3.05) is 27.2 Å². The van der Waals surface area contributed by atoms with Crippen LogP contribution in [0.1, 0.15) is 34.8 Å². The maximum Gasteiger partial charge on any atom is 0.118 e. The molecule has 120 valence electrons. The van der Waals surface area contributed by atoms with Crippen LogP contribution in [0, 0.1) is 0 Å². The van der Waals surface area contributed by atoms with Crippen molar-refractivity contribution >= 4 is 11.8 Å². The fraction of sp³-hybridized carbons (Fsp3) is 0.400. The number of likely N-dealkylation sites (tertiary alicyclic amines) is 1. The second-order valence-electron chi connectivity index (χ2n) is 6.66. The second-order valence-corrected chi connectivity index (χ2v) is 8.14. The Hall–Kier alpha value is -1.45. The lowest BCUT2D eigenvalue weighted by Gasteiger charge is -2.38. The summed E-state index contributed by atoms with van der Waals surface area (Å²) in [5, 5.41) is 0.445. The third-order valence-electron chi connectivity index (χ3n) is 5.29. The number of hydrogen-bond acceptors (Lipinski definition) is 3. The van der Waals surface area contributed by atoms with Crippen molar-refractivity contribution in [1.82, 2.24) is 4.90 Å². The minimum atomic E-state index is 0.299. The first kappa shape index (κ1) is 15.1. The zero-order valence-corrected chi connectivity index (χ0v) is 14.6. The van der Waals surface area contributed by atoms with Gasteiger partial charge in [0.25, 0.3) is 0 Å². The van der Waals surface area contributed by atoms with Crippen molar-refractivity contribution in [2.45, 2.75) is 22.8 Å². The lowest BCUT2D eigenvalue weighted by atomic mass is 9.84. The third kappa shape index (κ3) is 2.56. The molecule has 1 spiro atoms. The number of benzene rings is 2. The normalized spacial score (nSPS) is 23.0. The van der Waals surface area contributed by atoms with Crippen LogP contribution in [0.25, 0.3) is 0 Å². The smallest absolute Gasteiger partial charge is 0.118 e. The van der Waals surface area contributed by atoms with E-state index in [2.05, 4.69) is 72.2 Å². The topological polar surface area (TPSA) is 12.5 Å². The number of nitrogens with zero attached hydrogens (tertiary/aromatic N) is 1. The average Bonchev–Trinajstić information content (AvgIpc) is 2.93. The fourth-order valence-electron chi connectivity index (χ4n) is 3.89. The van der Waals surface area contributed by atoms with E-state index in [0.29, 0.717) is 10.00 Å². The molecule has 0 radical (unpaired) electrons. The molecule has 0 bridgehead atoms. The summed E-state index contributed by atoms with van der Waals surface area (Å²) in [5.41, 5.74) is 4.46. The molecule has 0 aliphatic carbocycles. The van der Waals surface area contributed by atoms with E-state index >= 15 is 0 Å². The zero-order valence-electron chi connectivity index (χ0n) is 13.8. The molecule has 1 atom stereocenters. The summed E-state index contributed by atoms with van der Waals surface area (Å²) < 4.78 is 5.61. The largest absolute Gasteiger partial charge is 0.497 e. The SMILES string of the molecule is COc1ccc(C2SC3(CCN(C)CC3)c3ccccc32)cc1. The summed E-state index contributed by atoms with van der Waals surface area (Å²) in [4.78, 5) is 2.45. The van der Waals surface area contributed by atoms with Crippen molar-refractivity contribution in [2.24, 2.45) is 0 Å². The molecule has 23 heavy (non-hydrogen) atoms. The quantitative estimate of drug-likeness (QED) is 0.809. The Bertz CT molecular complexity index is 689. The molecule has 2 aromatic rings. The first-order valence-corrected chi connectivity index (χ1v) is 9.19. The van der Waals surface area contributed by atoms with Crippen LogP contribution in [0.5, 0.6) is 5.75 Å². The number of rotatable bonds is 2. The van der Waals surface area contributed by atoms with Crippen molar-refractivity contribution < 1.29 is 4.74 Å². The van der Waals surface area contributed by atoms with Crippen LogP contribution in [0.15, 0.2) is 48.5 Å². The van der Waals surface area contributed by atoms with Gasteiger partial charge in [-0.2, -0.15) is 0 Å². The number of methoxy groups -OCH3 is 1. The van der Waals surface area contributed by atoms with Crippen molar-refractivity contribution in [1.29, 1.82) is 0 Å². The van der Waals surface area contributed by atoms with Gasteiger partial charge in [0.2, 0.25) is 0 Å². The lowest BCUT2D eigenvalue weighted by Crippen LogP contribution is -2.37. The predicted octanol–water partition coefficient (Wildman–Crippen LogP) is 4.45. The molecule has 0 N–H and O–H groups in total. The van der Waals surface area contributed by atoms with Gasteiger partial charge in [0.15, 0.2) is 0 Å². The van der Waals surface area contributed by atoms with Crippen molar-refractivity contribution in [3.63, 3.8) is 0 Å². The van der Waals surface area contributed by atoms with Crippen LogP contribution in [-0.4, -0.2) is 32.1 Å². The molecule has 1 unspecified atom stereocenters. The van der Waals surface area contributed by atoms with Gasteiger partial charge >= 0.3 is 0 Å². The third-order valence-corrected chi connectivity index (χ3v) is 7.13. The van der Waals surface area contributed by atoms with Gasteiger partial charge in [-0.05, 0) is 61.8 Å². The molecule has 0 saturated carbocycles. The highest BCUT2D eigenvalue weighted by Crippen LogP contribution is 2.61. The Balaban J connectivity index is 1.72. The Kier molecular flexibility index (Phi) is 3.86. The molecule has 1 fully saturated rings. The van der Waals surface area contributed by atoms with E-state index in [0.717, 1.165) is 5.75 Å². The first-order chi connectivity index (χ1) is 11.2. The van der Waals surface area contributed by atoms with Gasteiger partial charge in [0.05, 0.1) is 12.4 Å². The van der Waals surface area contributed by atoms with E-state index in [1.54, 1.807) is 12.7 Å². The monoisotopic (exact) mass is 325 g/mol. The van der Waals surface area contributed by atoms with Crippen LogP contribution in [0.4, 0.5) is 0 Å². The molecule has 0 aromatic heterocycles. The minimum Gasteiger partial charge on any atom is -0.497 e. The molecule has 2 nitrogen and oxygen atoms in total. The first-order valence-electron chi connectivity index (χ1n) is 8.32. The molecular weight excluding hydrogens is 302 g/mol. The van der Waals surface area contributed by atoms with Crippen molar-refractivity contribution in [3.05, 3.63) is 65.2 Å². The lowest BCUT2D eigenvalue weighted by molar-refractivity contribution is 0.241. The van der Waals surface area contributed by atoms with E-state index in [4.69, 9.17) is 4.74 Å². The summed E-state index contributed by atoms with van der Waals surface area (Å²) in [5.74, 6) is 0.930. The Morgan fingerprint density at radius 1 is 1.04 bits per heavy atom. The average molecular weight is 325 g/mol.